The molecule has 0 saturated heterocycles. The second kappa shape index (κ2) is 64.2. The van der Waals surface area contributed by atoms with Crippen molar-refractivity contribution in [1.82, 2.24) is 0 Å². The van der Waals surface area contributed by atoms with Crippen LogP contribution in [0.5, 0.6) is 0 Å². The first-order valence-electron chi connectivity index (χ1n) is 35.5. The van der Waals surface area contributed by atoms with Gasteiger partial charge in [0.15, 0.2) is 6.10 Å². The number of unbranched alkanes of at least 4 members (excludes halogenated alkanes) is 42. The van der Waals surface area contributed by atoms with Crippen molar-refractivity contribution >= 4 is 19.8 Å². The van der Waals surface area contributed by atoms with E-state index in [0.717, 1.165) is 64.2 Å². The number of carbonyl (C=O) groups excluding carboxylic acids is 2. The van der Waals surface area contributed by atoms with Crippen LogP contribution in [0.15, 0.2) is 60.8 Å². The van der Waals surface area contributed by atoms with Crippen LogP contribution in [0, 0.1) is 0 Å². The predicted octanol–water partition coefficient (Wildman–Crippen LogP) is 23.0. The lowest BCUT2D eigenvalue weighted by molar-refractivity contribution is -0.870. The monoisotopic (exact) mass is 1190 g/mol. The molecule has 1 N–H and O–H groups in total. The molecule has 0 aliphatic rings. The van der Waals surface area contributed by atoms with Gasteiger partial charge in [-0.15, -0.1) is 0 Å². The number of quaternary nitrogens is 1. The number of esters is 2. The molecule has 0 aliphatic carbocycles. The Morgan fingerprint density at radius 1 is 0.386 bits per heavy atom. The van der Waals surface area contributed by atoms with E-state index in [1.807, 2.05) is 21.1 Å². The average molecular weight is 1190 g/mol. The number of nitrogens with zero attached hydrogens (tertiary/aromatic N) is 1. The molecule has 0 amide bonds. The van der Waals surface area contributed by atoms with Crippen LogP contribution in [-0.4, -0.2) is 74.9 Å². The van der Waals surface area contributed by atoms with Crippen LogP contribution in [0.2, 0.25) is 0 Å². The molecule has 83 heavy (non-hydrogen) atoms. The first-order chi connectivity index (χ1) is 40.5. The van der Waals surface area contributed by atoms with Gasteiger partial charge in [-0.25, -0.2) is 4.57 Å². The lowest BCUT2D eigenvalue weighted by Crippen LogP contribution is -2.37. The van der Waals surface area contributed by atoms with E-state index in [2.05, 4.69) is 74.6 Å². The first kappa shape index (κ1) is 80.7. The molecule has 0 aromatic heterocycles. The van der Waals surface area contributed by atoms with Crippen molar-refractivity contribution in [3.8, 4) is 0 Å². The number of phosphoric acid groups is 1. The van der Waals surface area contributed by atoms with Gasteiger partial charge >= 0.3 is 19.8 Å². The van der Waals surface area contributed by atoms with Crippen molar-refractivity contribution in [3.63, 3.8) is 0 Å². The minimum Gasteiger partial charge on any atom is -0.462 e. The third-order valence-corrected chi connectivity index (χ3v) is 16.8. The van der Waals surface area contributed by atoms with E-state index in [0.29, 0.717) is 23.9 Å². The highest BCUT2D eigenvalue weighted by atomic mass is 31.2. The van der Waals surface area contributed by atoms with Crippen molar-refractivity contribution < 1.29 is 42.1 Å². The molecule has 486 valence electrons. The maximum Gasteiger partial charge on any atom is 0.472 e. The maximum atomic E-state index is 12.9. The SMILES string of the molecule is CC/C=C\C/C=C\C/C=C\C/C=C\C/C=C\CCCCCCCCCCCCCCCCCCCCCCCCCCCC(=O)OC(COC(=O)CCCCCCCCCCCCCCCCCCCC)COP(=O)(O)OCC[N+](C)(C)C. The summed E-state index contributed by atoms with van der Waals surface area (Å²) in [6, 6.07) is 0. The van der Waals surface area contributed by atoms with Crippen LogP contribution in [-0.2, 0) is 32.7 Å². The number of phosphoric ester groups is 1. The number of hydrogen-bond acceptors (Lipinski definition) is 7. The summed E-state index contributed by atoms with van der Waals surface area (Å²) in [6.45, 7) is 4.38. The molecular weight excluding hydrogens is 1050 g/mol. The molecule has 2 atom stereocenters. The van der Waals surface area contributed by atoms with E-state index < -0.39 is 26.5 Å². The van der Waals surface area contributed by atoms with Crippen molar-refractivity contribution in [2.45, 2.75) is 347 Å². The predicted molar refractivity (Wildman–Crippen MR) is 358 cm³/mol. The summed E-state index contributed by atoms with van der Waals surface area (Å²) in [7, 11) is 1.50. The van der Waals surface area contributed by atoms with Crippen molar-refractivity contribution in [2.75, 3.05) is 47.5 Å². The number of allylic oxidation sites excluding steroid dienone is 10. The van der Waals surface area contributed by atoms with Crippen LogP contribution in [0.1, 0.15) is 341 Å². The van der Waals surface area contributed by atoms with Gasteiger partial charge in [0.05, 0.1) is 27.7 Å². The third kappa shape index (κ3) is 68.7. The molecular formula is C73H137NO8P+. The molecule has 2 unspecified atom stereocenters. The van der Waals surface area contributed by atoms with Crippen LogP contribution >= 0.6 is 7.82 Å². The highest BCUT2D eigenvalue weighted by molar-refractivity contribution is 7.47. The smallest absolute Gasteiger partial charge is 0.462 e. The second-order valence-electron chi connectivity index (χ2n) is 25.3. The zero-order valence-electron chi connectivity index (χ0n) is 55.4. The lowest BCUT2D eigenvalue weighted by atomic mass is 10.0. The zero-order valence-corrected chi connectivity index (χ0v) is 56.3. The molecule has 0 aromatic rings. The van der Waals surface area contributed by atoms with E-state index in [1.54, 1.807) is 0 Å². The molecule has 9 nitrogen and oxygen atoms in total. The Labute approximate surface area is 515 Å². The van der Waals surface area contributed by atoms with Crippen molar-refractivity contribution in [1.29, 1.82) is 0 Å². The summed E-state index contributed by atoms with van der Waals surface area (Å²) >= 11 is 0. The molecule has 0 spiro atoms. The second-order valence-corrected chi connectivity index (χ2v) is 26.7. The van der Waals surface area contributed by atoms with Crippen molar-refractivity contribution in [2.24, 2.45) is 0 Å². The molecule has 10 heteroatoms. The summed E-state index contributed by atoms with van der Waals surface area (Å²) in [6.07, 6.45) is 84.9. The van der Waals surface area contributed by atoms with Crippen LogP contribution < -0.4 is 0 Å². The number of hydrogen-bond donors (Lipinski definition) is 1. The summed E-state index contributed by atoms with van der Waals surface area (Å²) < 4.78 is 34.7. The summed E-state index contributed by atoms with van der Waals surface area (Å²) in [5, 5.41) is 0. The fourth-order valence-electron chi connectivity index (χ4n) is 10.4. The quantitative estimate of drug-likeness (QED) is 0.0211. The van der Waals surface area contributed by atoms with Gasteiger partial charge < -0.3 is 18.9 Å². The van der Waals surface area contributed by atoms with Gasteiger partial charge in [0.1, 0.15) is 19.8 Å². The molecule has 0 bridgehead atoms. The standard InChI is InChI=1S/C73H136NO8P/c1-6-8-10-12-14-16-18-20-22-24-26-27-28-29-30-31-32-33-34-35-36-37-38-39-40-41-42-43-44-45-46-47-48-50-52-54-56-58-60-62-64-66-73(76)82-71(70-81-83(77,78)80-68-67-74(3,4)5)69-79-72(75)65-63-61-59-57-55-53-51-49-25-23-21-19-17-15-13-11-9-7-2/h8,10,14,16,20,22,26-27,29-30,71H,6-7,9,11-13,15,17-19,21,23-25,28,31-70H2,1-5H3/p+1/b10-8-,16-14-,22-20-,27-26-,30-29-. The van der Waals surface area contributed by atoms with Gasteiger partial charge in [0.25, 0.3) is 0 Å². The molecule has 0 fully saturated rings. The van der Waals surface area contributed by atoms with Gasteiger partial charge in [-0.1, -0.05) is 331 Å². The fraction of sp³-hybridized carbons (Fsp3) is 0.836. The van der Waals surface area contributed by atoms with Crippen LogP contribution in [0.4, 0.5) is 0 Å². The van der Waals surface area contributed by atoms with Crippen molar-refractivity contribution in [3.05, 3.63) is 60.8 Å². The Kier molecular flexibility index (Phi) is 62.4. The number of likely N-dealkylation sites (N-methyl/N-ethyl adjacent to an activating group) is 1. The Balaban J connectivity index is 3.89. The lowest BCUT2D eigenvalue weighted by Gasteiger charge is -2.24. The third-order valence-electron chi connectivity index (χ3n) is 15.8. The van der Waals surface area contributed by atoms with E-state index in [1.165, 1.54) is 244 Å². The highest BCUT2D eigenvalue weighted by Gasteiger charge is 2.27. The van der Waals surface area contributed by atoms with Gasteiger partial charge in [-0.2, -0.15) is 0 Å². The van der Waals surface area contributed by atoms with E-state index >= 15 is 0 Å². The van der Waals surface area contributed by atoms with Gasteiger partial charge in [-0.3, -0.25) is 18.6 Å². The first-order valence-corrected chi connectivity index (χ1v) is 37.0. The topological polar surface area (TPSA) is 108 Å². The molecule has 0 aliphatic heterocycles. The average Bonchev–Trinajstić information content (AvgIpc) is 3.48. The van der Waals surface area contributed by atoms with E-state index in [-0.39, 0.29) is 25.6 Å². The highest BCUT2D eigenvalue weighted by Crippen LogP contribution is 2.43. The molecule has 0 radical (unpaired) electrons. The van der Waals surface area contributed by atoms with E-state index in [9.17, 15) is 19.0 Å². The Morgan fingerprint density at radius 2 is 0.687 bits per heavy atom. The minimum absolute atomic E-state index is 0.0348. The fourth-order valence-corrected chi connectivity index (χ4v) is 11.1. The number of ether oxygens (including phenoxy) is 2. The van der Waals surface area contributed by atoms with E-state index in [4.69, 9.17) is 18.5 Å². The Bertz CT molecular complexity index is 1580. The molecule has 0 heterocycles. The molecule has 0 saturated carbocycles. The molecule has 0 rings (SSSR count). The van der Waals surface area contributed by atoms with Gasteiger partial charge in [0, 0.05) is 12.8 Å². The molecule has 0 aromatic carbocycles. The minimum atomic E-state index is -4.39. The van der Waals surface area contributed by atoms with Crippen LogP contribution in [0.3, 0.4) is 0 Å². The van der Waals surface area contributed by atoms with Gasteiger partial charge in [0.2, 0.25) is 0 Å². The number of carbonyl (C=O) groups is 2. The van der Waals surface area contributed by atoms with Gasteiger partial charge in [-0.05, 0) is 57.8 Å². The summed E-state index contributed by atoms with van der Waals surface area (Å²) in [5.41, 5.74) is 0. The number of rotatable bonds is 66. The zero-order chi connectivity index (χ0) is 60.5. The largest absolute Gasteiger partial charge is 0.472 e. The van der Waals surface area contributed by atoms with Crippen LogP contribution in [0.25, 0.3) is 0 Å². The Hall–Kier alpha value is -2.29. The maximum absolute atomic E-state index is 12.9. The summed E-state index contributed by atoms with van der Waals surface area (Å²) in [5.74, 6) is -0.776. The Morgan fingerprint density at radius 3 is 1.02 bits per heavy atom. The summed E-state index contributed by atoms with van der Waals surface area (Å²) in [4.78, 5) is 35.8. The normalized spacial score (nSPS) is 13.5.